The molecule has 1 aromatic rings. The Morgan fingerprint density at radius 2 is 2.10 bits per heavy atom. The Morgan fingerprint density at radius 1 is 1.43 bits per heavy atom. The van der Waals surface area contributed by atoms with Crippen LogP contribution in [0.5, 0.6) is 5.75 Å². The molecule has 0 amide bonds. The number of carbonyl (C=O) groups excluding carboxylic acids is 1. The fourth-order valence-corrected chi connectivity index (χ4v) is 2.04. The summed E-state index contributed by atoms with van der Waals surface area (Å²) in [7, 11) is 1.29. The van der Waals surface area contributed by atoms with Gasteiger partial charge in [-0.25, -0.2) is 4.79 Å². The summed E-state index contributed by atoms with van der Waals surface area (Å²) in [5.74, 6) is -0.486. The van der Waals surface area contributed by atoms with E-state index >= 15 is 0 Å². The number of halogens is 2. The zero-order chi connectivity index (χ0) is 16.0. The lowest BCUT2D eigenvalue weighted by molar-refractivity contribution is -0.148. The number of nitrogens with one attached hydrogen (secondary N) is 1. The largest absolute Gasteiger partial charge is 0.467 e. The number of hydrogen-bond donors (Lipinski definition) is 1. The van der Waals surface area contributed by atoms with Crippen LogP contribution in [-0.4, -0.2) is 25.7 Å². The van der Waals surface area contributed by atoms with Crippen molar-refractivity contribution in [2.75, 3.05) is 7.11 Å². The van der Waals surface area contributed by atoms with Crippen molar-refractivity contribution in [1.29, 1.82) is 0 Å². The van der Waals surface area contributed by atoms with Gasteiger partial charge in [0.05, 0.1) is 7.11 Å². The minimum absolute atomic E-state index is 0.00331. The Morgan fingerprint density at radius 3 is 2.62 bits per heavy atom. The lowest BCUT2D eigenvalue weighted by Gasteiger charge is -2.31. The number of ether oxygens (including phenoxy) is 2. The Balaban J connectivity index is 3.16. The fourth-order valence-electron chi connectivity index (χ4n) is 2.04. The van der Waals surface area contributed by atoms with Gasteiger partial charge in [0, 0.05) is 6.04 Å². The molecular formula is C15H21F2NO3. The van der Waals surface area contributed by atoms with E-state index in [0.29, 0.717) is 5.56 Å². The van der Waals surface area contributed by atoms with E-state index in [2.05, 4.69) is 10.1 Å². The van der Waals surface area contributed by atoms with E-state index in [1.807, 2.05) is 13.8 Å². The summed E-state index contributed by atoms with van der Waals surface area (Å²) in [4.78, 5) is 12.1. The van der Waals surface area contributed by atoms with E-state index in [-0.39, 0.29) is 11.8 Å². The molecule has 2 atom stereocenters. The average molecular weight is 301 g/mol. The molecule has 0 radical (unpaired) electrons. The van der Waals surface area contributed by atoms with Crippen molar-refractivity contribution < 1.29 is 23.0 Å². The van der Waals surface area contributed by atoms with Crippen LogP contribution < -0.4 is 10.1 Å². The van der Waals surface area contributed by atoms with E-state index in [9.17, 15) is 13.6 Å². The van der Waals surface area contributed by atoms with Crippen LogP contribution in [0.1, 0.15) is 32.8 Å². The molecule has 0 aliphatic heterocycles. The second-order valence-corrected chi connectivity index (χ2v) is 4.98. The summed E-state index contributed by atoms with van der Waals surface area (Å²) in [5.41, 5.74) is -0.626. The molecule has 0 saturated carbocycles. The third-order valence-corrected chi connectivity index (χ3v) is 3.38. The van der Waals surface area contributed by atoms with Gasteiger partial charge in [-0.15, -0.1) is 0 Å². The molecule has 1 rings (SSSR count). The summed E-state index contributed by atoms with van der Waals surface area (Å²) < 4.78 is 33.8. The van der Waals surface area contributed by atoms with Gasteiger partial charge >= 0.3 is 12.6 Å². The number of methoxy groups -OCH3 is 1. The molecule has 0 aliphatic carbocycles. The van der Waals surface area contributed by atoms with Crippen LogP contribution in [0.4, 0.5) is 8.78 Å². The first-order valence-corrected chi connectivity index (χ1v) is 6.75. The van der Waals surface area contributed by atoms with Gasteiger partial charge in [-0.1, -0.05) is 19.1 Å². The van der Waals surface area contributed by atoms with Gasteiger partial charge in [-0.2, -0.15) is 8.78 Å². The third-order valence-electron chi connectivity index (χ3n) is 3.38. The monoisotopic (exact) mass is 301 g/mol. The van der Waals surface area contributed by atoms with Crippen molar-refractivity contribution in [2.24, 2.45) is 0 Å². The molecule has 118 valence electrons. The van der Waals surface area contributed by atoms with Crippen LogP contribution in [-0.2, 0) is 15.1 Å². The predicted octanol–water partition coefficient (Wildman–Crippen LogP) is 3.06. The molecule has 0 bridgehead atoms. The number of esters is 1. The SMILES string of the molecule is CCC(C)NC(C)(C(=O)OC)c1cccc(OC(F)F)c1. The molecule has 4 nitrogen and oxygen atoms in total. The highest BCUT2D eigenvalue weighted by Gasteiger charge is 2.37. The Labute approximate surface area is 123 Å². The standard InChI is InChI=1S/C15H21F2NO3/c1-5-10(2)18-15(3,13(19)20-4)11-7-6-8-12(9-11)21-14(16)17/h6-10,14,18H,5H2,1-4H3. The molecule has 21 heavy (non-hydrogen) atoms. The summed E-state index contributed by atoms with van der Waals surface area (Å²) in [6.45, 7) is 2.66. The lowest BCUT2D eigenvalue weighted by atomic mass is 9.90. The van der Waals surface area contributed by atoms with E-state index < -0.39 is 18.1 Å². The maximum Gasteiger partial charge on any atom is 0.387 e. The molecule has 0 fully saturated rings. The number of benzene rings is 1. The van der Waals surface area contributed by atoms with E-state index in [4.69, 9.17) is 4.74 Å². The van der Waals surface area contributed by atoms with E-state index in [1.165, 1.54) is 19.2 Å². The van der Waals surface area contributed by atoms with Crippen molar-refractivity contribution in [3.63, 3.8) is 0 Å². The van der Waals surface area contributed by atoms with Gasteiger partial charge in [0.2, 0.25) is 0 Å². The van der Waals surface area contributed by atoms with Crippen molar-refractivity contribution in [1.82, 2.24) is 5.32 Å². The minimum atomic E-state index is -2.91. The van der Waals surface area contributed by atoms with Crippen LogP contribution in [0.25, 0.3) is 0 Å². The molecule has 0 aromatic heterocycles. The zero-order valence-corrected chi connectivity index (χ0v) is 12.7. The Bertz CT molecular complexity index is 482. The minimum Gasteiger partial charge on any atom is -0.467 e. The average Bonchev–Trinajstić information content (AvgIpc) is 2.45. The maximum absolute atomic E-state index is 12.3. The highest BCUT2D eigenvalue weighted by Crippen LogP contribution is 2.27. The topological polar surface area (TPSA) is 47.6 Å². The van der Waals surface area contributed by atoms with Crippen molar-refractivity contribution in [3.05, 3.63) is 29.8 Å². The van der Waals surface area contributed by atoms with Gasteiger partial charge < -0.3 is 9.47 Å². The summed E-state index contributed by atoms with van der Waals surface area (Å²) in [6, 6.07) is 6.11. The van der Waals surface area contributed by atoms with Crippen LogP contribution in [0.3, 0.4) is 0 Å². The molecule has 0 heterocycles. The highest BCUT2D eigenvalue weighted by molar-refractivity contribution is 5.82. The normalized spacial score (nSPS) is 15.4. The van der Waals surface area contributed by atoms with Crippen molar-refractivity contribution >= 4 is 5.97 Å². The van der Waals surface area contributed by atoms with Gasteiger partial charge in [-0.05, 0) is 38.0 Å². The van der Waals surface area contributed by atoms with Crippen LogP contribution >= 0.6 is 0 Å². The summed E-state index contributed by atoms with van der Waals surface area (Å²) >= 11 is 0. The zero-order valence-electron chi connectivity index (χ0n) is 12.7. The second-order valence-electron chi connectivity index (χ2n) is 4.98. The molecule has 6 heteroatoms. The van der Waals surface area contributed by atoms with Crippen LogP contribution in [0.15, 0.2) is 24.3 Å². The third kappa shape index (κ3) is 4.39. The Hall–Kier alpha value is -1.69. The lowest BCUT2D eigenvalue weighted by Crippen LogP contribution is -2.51. The first kappa shape index (κ1) is 17.4. The smallest absolute Gasteiger partial charge is 0.387 e. The van der Waals surface area contributed by atoms with Crippen LogP contribution in [0.2, 0.25) is 0 Å². The Kier molecular flexibility index (Phi) is 6.08. The maximum atomic E-state index is 12.3. The fraction of sp³-hybridized carbons (Fsp3) is 0.533. The summed E-state index contributed by atoms with van der Waals surface area (Å²) in [5, 5.41) is 3.17. The number of carbonyl (C=O) groups is 1. The highest BCUT2D eigenvalue weighted by atomic mass is 19.3. The predicted molar refractivity (Wildman–Crippen MR) is 75.3 cm³/mol. The van der Waals surface area contributed by atoms with Gasteiger partial charge in [-0.3, -0.25) is 5.32 Å². The van der Waals surface area contributed by atoms with Crippen molar-refractivity contribution in [2.45, 2.75) is 45.4 Å². The molecule has 0 aliphatic rings. The molecule has 0 saturated heterocycles. The van der Waals surface area contributed by atoms with Gasteiger partial charge in [0.25, 0.3) is 0 Å². The quantitative estimate of drug-likeness (QED) is 0.786. The number of hydrogen-bond acceptors (Lipinski definition) is 4. The molecule has 1 aromatic carbocycles. The molecular weight excluding hydrogens is 280 g/mol. The second kappa shape index (κ2) is 7.36. The van der Waals surface area contributed by atoms with Gasteiger partial charge in [0.15, 0.2) is 0 Å². The summed E-state index contributed by atoms with van der Waals surface area (Å²) in [6.07, 6.45) is 0.805. The van der Waals surface area contributed by atoms with Gasteiger partial charge in [0.1, 0.15) is 11.3 Å². The van der Waals surface area contributed by atoms with E-state index in [1.54, 1.807) is 19.1 Å². The molecule has 0 spiro atoms. The number of alkyl halides is 2. The first-order chi connectivity index (χ1) is 9.83. The van der Waals surface area contributed by atoms with E-state index in [0.717, 1.165) is 6.42 Å². The molecule has 1 N–H and O–H groups in total. The first-order valence-electron chi connectivity index (χ1n) is 6.75. The molecule has 2 unspecified atom stereocenters. The number of rotatable bonds is 7. The van der Waals surface area contributed by atoms with Crippen molar-refractivity contribution in [3.8, 4) is 5.75 Å². The van der Waals surface area contributed by atoms with Crippen LogP contribution in [0, 0.1) is 0 Å².